The summed E-state index contributed by atoms with van der Waals surface area (Å²) in [5, 5.41) is 8.42. The van der Waals surface area contributed by atoms with Crippen molar-refractivity contribution in [2.24, 2.45) is 5.92 Å². The molecule has 34 heavy (non-hydrogen) atoms. The molecule has 180 valence electrons. The monoisotopic (exact) mass is 458 g/mol. The molecule has 0 radical (unpaired) electrons. The third kappa shape index (κ3) is 5.44. The summed E-state index contributed by atoms with van der Waals surface area (Å²) in [5.41, 5.74) is 3.75. The fraction of sp³-hybridized carbons (Fsp3) is 0.500. The Balaban J connectivity index is 1.08. The summed E-state index contributed by atoms with van der Waals surface area (Å²) in [6.07, 6.45) is 7.48. The van der Waals surface area contributed by atoms with Crippen molar-refractivity contribution in [2.75, 3.05) is 48.8 Å². The van der Waals surface area contributed by atoms with E-state index in [2.05, 4.69) is 56.8 Å². The molecule has 1 saturated heterocycles. The minimum Gasteiger partial charge on any atom is -0.372 e. The van der Waals surface area contributed by atoms with E-state index in [1.165, 1.54) is 62.9 Å². The summed E-state index contributed by atoms with van der Waals surface area (Å²) in [6.45, 7) is 4.46. The number of hydrogen-bond donors (Lipinski definition) is 2. The molecular formula is C28H38N6. The molecule has 2 fully saturated rings. The van der Waals surface area contributed by atoms with E-state index in [9.17, 15) is 0 Å². The second-order valence-electron chi connectivity index (χ2n) is 10.1. The van der Waals surface area contributed by atoms with E-state index in [0.717, 1.165) is 41.7 Å². The predicted molar refractivity (Wildman–Crippen MR) is 143 cm³/mol. The molecule has 1 saturated carbocycles. The van der Waals surface area contributed by atoms with Crippen LogP contribution in [0.2, 0.25) is 0 Å². The Morgan fingerprint density at radius 3 is 2.38 bits per heavy atom. The van der Waals surface area contributed by atoms with Gasteiger partial charge in [0, 0.05) is 50.8 Å². The topological polar surface area (TPSA) is 56.3 Å². The standard InChI is InChI=1S/C28H38N6/c1-33(2)27-25-7-3-4-8-26(25)31-28(32-27)30-23-13-9-21(10-14-23)19-29-20-22-11-15-24(16-12-22)34-17-5-6-18-34/h3-4,7-8,11-12,15-16,21,23,29H,5-6,9-10,13-14,17-20H2,1-2H3,(H,30,31,32). The van der Waals surface area contributed by atoms with Crippen LogP contribution in [0.1, 0.15) is 44.1 Å². The maximum atomic E-state index is 4.82. The van der Waals surface area contributed by atoms with Gasteiger partial charge in [-0.1, -0.05) is 24.3 Å². The third-order valence-corrected chi connectivity index (χ3v) is 7.36. The second kappa shape index (κ2) is 10.6. The molecule has 0 amide bonds. The summed E-state index contributed by atoms with van der Waals surface area (Å²) in [4.78, 5) is 14.2. The first-order valence-electron chi connectivity index (χ1n) is 12.9. The highest BCUT2D eigenvalue weighted by Gasteiger charge is 2.22. The van der Waals surface area contributed by atoms with Crippen LogP contribution in [0.4, 0.5) is 17.5 Å². The van der Waals surface area contributed by atoms with Crippen molar-refractivity contribution in [3.63, 3.8) is 0 Å². The summed E-state index contributed by atoms with van der Waals surface area (Å²) in [6, 6.07) is 17.8. The molecule has 1 aliphatic heterocycles. The van der Waals surface area contributed by atoms with Crippen LogP contribution in [-0.2, 0) is 6.54 Å². The van der Waals surface area contributed by atoms with Gasteiger partial charge in [-0.25, -0.2) is 4.98 Å². The van der Waals surface area contributed by atoms with E-state index >= 15 is 0 Å². The number of nitrogens with one attached hydrogen (secondary N) is 2. The number of aromatic nitrogens is 2. The molecule has 0 spiro atoms. The first-order valence-corrected chi connectivity index (χ1v) is 12.9. The van der Waals surface area contributed by atoms with Gasteiger partial charge in [0.25, 0.3) is 0 Å². The number of nitrogens with zero attached hydrogens (tertiary/aromatic N) is 4. The summed E-state index contributed by atoms with van der Waals surface area (Å²) < 4.78 is 0. The van der Waals surface area contributed by atoms with Crippen molar-refractivity contribution in [1.29, 1.82) is 0 Å². The van der Waals surface area contributed by atoms with Gasteiger partial charge in [0.15, 0.2) is 0 Å². The average Bonchev–Trinajstić information content (AvgIpc) is 3.40. The van der Waals surface area contributed by atoms with Crippen LogP contribution in [0, 0.1) is 5.92 Å². The first-order chi connectivity index (χ1) is 16.7. The highest BCUT2D eigenvalue weighted by atomic mass is 15.2. The van der Waals surface area contributed by atoms with E-state index < -0.39 is 0 Å². The lowest BCUT2D eigenvalue weighted by molar-refractivity contribution is 0.324. The normalized spacial score (nSPS) is 20.6. The van der Waals surface area contributed by atoms with Gasteiger partial charge in [-0.15, -0.1) is 0 Å². The lowest BCUT2D eigenvalue weighted by atomic mass is 9.86. The number of para-hydroxylation sites is 1. The molecule has 3 aromatic rings. The van der Waals surface area contributed by atoms with Crippen molar-refractivity contribution in [3.05, 3.63) is 54.1 Å². The van der Waals surface area contributed by atoms with Crippen LogP contribution in [-0.4, -0.2) is 49.7 Å². The molecular weight excluding hydrogens is 420 g/mol. The molecule has 6 heteroatoms. The van der Waals surface area contributed by atoms with Gasteiger partial charge in [0.05, 0.1) is 5.52 Å². The minimum absolute atomic E-state index is 0.450. The molecule has 1 aromatic heterocycles. The maximum Gasteiger partial charge on any atom is 0.225 e. The highest BCUT2D eigenvalue weighted by Crippen LogP contribution is 2.28. The quantitative estimate of drug-likeness (QED) is 0.492. The van der Waals surface area contributed by atoms with Gasteiger partial charge < -0.3 is 20.4 Å². The van der Waals surface area contributed by atoms with Crippen molar-refractivity contribution in [2.45, 2.75) is 51.1 Å². The van der Waals surface area contributed by atoms with Gasteiger partial charge in [-0.2, -0.15) is 4.98 Å². The Kier molecular flexibility index (Phi) is 7.14. The molecule has 5 rings (SSSR count). The van der Waals surface area contributed by atoms with Crippen molar-refractivity contribution < 1.29 is 0 Å². The summed E-state index contributed by atoms with van der Waals surface area (Å²) in [7, 11) is 4.08. The highest BCUT2D eigenvalue weighted by molar-refractivity contribution is 5.90. The molecule has 0 atom stereocenters. The zero-order valence-electron chi connectivity index (χ0n) is 20.6. The molecule has 1 aliphatic carbocycles. The predicted octanol–water partition coefficient (Wildman–Crippen LogP) is 5.06. The van der Waals surface area contributed by atoms with Gasteiger partial charge in [-0.3, -0.25) is 0 Å². The number of rotatable bonds is 8. The van der Waals surface area contributed by atoms with Crippen LogP contribution >= 0.6 is 0 Å². The Hall–Kier alpha value is -2.86. The van der Waals surface area contributed by atoms with Gasteiger partial charge in [-0.05, 0) is 80.8 Å². The van der Waals surface area contributed by atoms with E-state index in [4.69, 9.17) is 9.97 Å². The van der Waals surface area contributed by atoms with Crippen molar-refractivity contribution in [1.82, 2.24) is 15.3 Å². The largest absolute Gasteiger partial charge is 0.372 e. The zero-order chi connectivity index (χ0) is 23.3. The minimum atomic E-state index is 0.450. The van der Waals surface area contributed by atoms with Crippen LogP contribution in [0.3, 0.4) is 0 Å². The van der Waals surface area contributed by atoms with Crippen LogP contribution in [0.25, 0.3) is 10.9 Å². The fourth-order valence-corrected chi connectivity index (χ4v) is 5.38. The number of benzene rings is 2. The van der Waals surface area contributed by atoms with Crippen LogP contribution in [0.5, 0.6) is 0 Å². The first kappa shape index (κ1) is 22.9. The molecule has 6 nitrogen and oxygen atoms in total. The molecule has 2 N–H and O–H groups in total. The number of hydrogen-bond acceptors (Lipinski definition) is 6. The third-order valence-electron chi connectivity index (χ3n) is 7.36. The number of fused-ring (bicyclic) bond motifs is 1. The Labute approximate surface area is 203 Å². The smallest absolute Gasteiger partial charge is 0.225 e. The number of anilines is 3. The Bertz CT molecular complexity index is 1070. The van der Waals surface area contributed by atoms with Crippen LogP contribution in [0.15, 0.2) is 48.5 Å². The lowest BCUT2D eigenvalue weighted by Gasteiger charge is -2.29. The van der Waals surface area contributed by atoms with Crippen molar-refractivity contribution in [3.8, 4) is 0 Å². The lowest BCUT2D eigenvalue weighted by Crippen LogP contribution is -2.31. The molecule has 2 aromatic carbocycles. The molecule has 0 bridgehead atoms. The van der Waals surface area contributed by atoms with E-state index in [0.29, 0.717) is 6.04 Å². The van der Waals surface area contributed by atoms with Crippen LogP contribution < -0.4 is 20.4 Å². The summed E-state index contributed by atoms with van der Waals surface area (Å²) >= 11 is 0. The van der Waals surface area contributed by atoms with E-state index in [1.807, 2.05) is 26.2 Å². The zero-order valence-corrected chi connectivity index (χ0v) is 20.6. The fourth-order valence-electron chi connectivity index (χ4n) is 5.38. The molecule has 0 unspecified atom stereocenters. The molecule has 2 heterocycles. The maximum absolute atomic E-state index is 4.82. The van der Waals surface area contributed by atoms with Gasteiger partial charge in [0.2, 0.25) is 5.95 Å². The average molecular weight is 459 g/mol. The van der Waals surface area contributed by atoms with Gasteiger partial charge in [0.1, 0.15) is 5.82 Å². The Morgan fingerprint density at radius 1 is 0.912 bits per heavy atom. The second-order valence-corrected chi connectivity index (χ2v) is 10.1. The Morgan fingerprint density at radius 2 is 1.65 bits per heavy atom. The van der Waals surface area contributed by atoms with Gasteiger partial charge >= 0.3 is 0 Å². The SMILES string of the molecule is CN(C)c1nc(NC2CCC(CNCc3ccc(N4CCCC4)cc3)CC2)nc2ccccc12. The van der Waals surface area contributed by atoms with Crippen molar-refractivity contribution >= 4 is 28.4 Å². The summed E-state index contributed by atoms with van der Waals surface area (Å²) in [5.74, 6) is 2.47. The van der Waals surface area contributed by atoms with E-state index in [-0.39, 0.29) is 0 Å². The van der Waals surface area contributed by atoms with E-state index in [1.54, 1.807) is 0 Å². The molecule has 2 aliphatic rings.